The average Bonchev–Trinajstić information content (AvgIpc) is 2.70. The van der Waals surface area contributed by atoms with Crippen LogP contribution in [-0.2, 0) is 29.0 Å². The standard InChI is InChI=1S/C23H29N3O3/c1-15-12-20(27)13-16(2)21(15)8-9-22(28)26(24)17(3)23(29)25-11-10-18-6-4-5-7-19(18)14-25/h4-7,12-13,17,27H,8-11,14,24H2,1-3H3/t17-/m1/s1. The number of phenols is 1. The van der Waals surface area contributed by atoms with Crippen molar-refractivity contribution in [3.8, 4) is 5.75 Å². The Kier molecular flexibility index (Phi) is 6.23. The van der Waals surface area contributed by atoms with Crippen LogP contribution >= 0.6 is 0 Å². The zero-order valence-corrected chi connectivity index (χ0v) is 17.3. The molecule has 1 aliphatic heterocycles. The van der Waals surface area contributed by atoms with Gasteiger partial charge in [-0.3, -0.25) is 14.6 Å². The predicted molar refractivity (Wildman–Crippen MR) is 112 cm³/mol. The lowest BCUT2D eigenvalue weighted by Crippen LogP contribution is -2.53. The first kappa shape index (κ1) is 20.9. The van der Waals surface area contributed by atoms with Crippen molar-refractivity contribution in [1.29, 1.82) is 0 Å². The Bertz CT molecular complexity index is 902. The third kappa shape index (κ3) is 4.59. The van der Waals surface area contributed by atoms with Gasteiger partial charge in [0.1, 0.15) is 11.8 Å². The van der Waals surface area contributed by atoms with Gasteiger partial charge in [0.15, 0.2) is 0 Å². The van der Waals surface area contributed by atoms with E-state index < -0.39 is 6.04 Å². The van der Waals surface area contributed by atoms with Crippen molar-refractivity contribution < 1.29 is 14.7 Å². The van der Waals surface area contributed by atoms with Crippen LogP contribution in [0.15, 0.2) is 36.4 Å². The van der Waals surface area contributed by atoms with E-state index in [4.69, 9.17) is 5.84 Å². The fourth-order valence-corrected chi connectivity index (χ4v) is 4.01. The number of hydrogen-bond acceptors (Lipinski definition) is 4. The molecule has 1 aliphatic rings. The summed E-state index contributed by atoms with van der Waals surface area (Å²) < 4.78 is 0. The van der Waals surface area contributed by atoms with E-state index in [-0.39, 0.29) is 24.0 Å². The molecule has 0 fully saturated rings. The molecule has 2 aromatic rings. The van der Waals surface area contributed by atoms with Gasteiger partial charge in [-0.15, -0.1) is 0 Å². The Hall–Kier alpha value is -2.86. The number of rotatable bonds is 5. The number of aryl methyl sites for hydroxylation is 2. The van der Waals surface area contributed by atoms with Crippen molar-refractivity contribution >= 4 is 11.8 Å². The molecule has 0 saturated heterocycles. The van der Waals surface area contributed by atoms with Crippen molar-refractivity contribution in [2.75, 3.05) is 6.54 Å². The lowest BCUT2D eigenvalue weighted by atomic mass is 9.97. The number of amides is 2. The van der Waals surface area contributed by atoms with E-state index in [9.17, 15) is 14.7 Å². The number of carbonyl (C=O) groups is 2. The van der Waals surface area contributed by atoms with E-state index in [0.29, 0.717) is 19.5 Å². The molecular formula is C23H29N3O3. The normalized spacial score (nSPS) is 14.3. The second-order valence-electron chi connectivity index (χ2n) is 7.81. The van der Waals surface area contributed by atoms with Crippen molar-refractivity contribution in [2.45, 2.75) is 52.6 Å². The molecule has 154 valence electrons. The first-order valence-electron chi connectivity index (χ1n) is 9.99. The highest BCUT2D eigenvalue weighted by molar-refractivity contribution is 5.87. The van der Waals surface area contributed by atoms with Crippen LogP contribution in [0.4, 0.5) is 0 Å². The monoisotopic (exact) mass is 395 g/mol. The largest absolute Gasteiger partial charge is 0.508 e. The maximum absolute atomic E-state index is 12.9. The Labute approximate surface area is 171 Å². The van der Waals surface area contributed by atoms with Crippen molar-refractivity contribution in [2.24, 2.45) is 5.84 Å². The van der Waals surface area contributed by atoms with Gasteiger partial charge >= 0.3 is 0 Å². The Morgan fingerprint density at radius 3 is 2.45 bits per heavy atom. The molecule has 29 heavy (non-hydrogen) atoms. The van der Waals surface area contributed by atoms with Crippen molar-refractivity contribution in [3.63, 3.8) is 0 Å². The molecule has 0 spiro atoms. The van der Waals surface area contributed by atoms with Crippen LogP contribution in [0.1, 0.15) is 41.2 Å². The number of hydrazine groups is 1. The van der Waals surface area contributed by atoms with Gasteiger partial charge in [-0.2, -0.15) is 0 Å². The summed E-state index contributed by atoms with van der Waals surface area (Å²) in [6, 6.07) is 10.8. The van der Waals surface area contributed by atoms with Crippen molar-refractivity contribution in [3.05, 3.63) is 64.2 Å². The highest BCUT2D eigenvalue weighted by atomic mass is 16.3. The molecule has 0 bridgehead atoms. The van der Waals surface area contributed by atoms with Gasteiger partial charge in [-0.25, -0.2) is 5.84 Å². The van der Waals surface area contributed by atoms with E-state index in [1.54, 1.807) is 24.0 Å². The number of fused-ring (bicyclic) bond motifs is 1. The number of carbonyl (C=O) groups excluding carboxylic acids is 2. The summed E-state index contributed by atoms with van der Waals surface area (Å²) in [7, 11) is 0. The van der Waals surface area contributed by atoms with Crippen LogP contribution in [0, 0.1) is 13.8 Å². The number of phenolic OH excluding ortho intramolecular Hbond substituents is 1. The highest BCUT2D eigenvalue weighted by Gasteiger charge is 2.29. The molecule has 0 radical (unpaired) electrons. The number of nitrogens with two attached hydrogens (primary N) is 1. The number of hydrogen-bond donors (Lipinski definition) is 2. The van der Waals surface area contributed by atoms with Gasteiger partial charge in [-0.05, 0) is 73.6 Å². The van der Waals surface area contributed by atoms with E-state index in [1.807, 2.05) is 32.0 Å². The molecule has 3 rings (SSSR count). The maximum Gasteiger partial charge on any atom is 0.247 e. The Balaban J connectivity index is 1.60. The van der Waals surface area contributed by atoms with Gasteiger partial charge < -0.3 is 10.0 Å². The molecule has 3 N–H and O–H groups in total. The first-order valence-corrected chi connectivity index (χ1v) is 9.99. The minimum absolute atomic E-state index is 0.132. The maximum atomic E-state index is 12.9. The molecule has 6 nitrogen and oxygen atoms in total. The highest BCUT2D eigenvalue weighted by Crippen LogP contribution is 2.23. The lowest BCUT2D eigenvalue weighted by molar-refractivity contribution is -0.146. The first-order chi connectivity index (χ1) is 13.8. The molecule has 0 aliphatic carbocycles. The molecule has 2 aromatic carbocycles. The van der Waals surface area contributed by atoms with Gasteiger partial charge in [0.05, 0.1) is 0 Å². The average molecular weight is 396 g/mol. The van der Waals surface area contributed by atoms with Gasteiger partial charge in [0.25, 0.3) is 0 Å². The topological polar surface area (TPSA) is 86.9 Å². The van der Waals surface area contributed by atoms with Gasteiger partial charge in [0, 0.05) is 19.5 Å². The summed E-state index contributed by atoms with van der Waals surface area (Å²) in [5.74, 6) is 5.84. The fourth-order valence-electron chi connectivity index (χ4n) is 4.01. The molecule has 0 aromatic heterocycles. The molecule has 0 unspecified atom stereocenters. The summed E-state index contributed by atoms with van der Waals surface area (Å²) >= 11 is 0. The predicted octanol–water partition coefficient (Wildman–Crippen LogP) is 2.62. The molecular weight excluding hydrogens is 366 g/mol. The van der Waals surface area contributed by atoms with E-state index >= 15 is 0 Å². The SMILES string of the molecule is Cc1cc(O)cc(C)c1CCC(=O)N(N)[C@H](C)C(=O)N1CCc2ccccc2C1. The zero-order valence-electron chi connectivity index (χ0n) is 17.3. The third-order valence-corrected chi connectivity index (χ3v) is 5.77. The van der Waals surface area contributed by atoms with Crippen LogP contribution in [0.2, 0.25) is 0 Å². The van der Waals surface area contributed by atoms with Gasteiger partial charge in [-0.1, -0.05) is 24.3 Å². The second-order valence-corrected chi connectivity index (χ2v) is 7.81. The molecule has 2 amide bonds. The quantitative estimate of drug-likeness (QED) is 0.463. The second kappa shape index (κ2) is 8.66. The smallest absolute Gasteiger partial charge is 0.247 e. The summed E-state index contributed by atoms with van der Waals surface area (Å²) in [5, 5.41) is 10.7. The number of aromatic hydroxyl groups is 1. The Morgan fingerprint density at radius 1 is 1.17 bits per heavy atom. The van der Waals surface area contributed by atoms with Crippen molar-refractivity contribution in [1.82, 2.24) is 9.91 Å². The molecule has 0 saturated carbocycles. The van der Waals surface area contributed by atoms with Crippen LogP contribution in [0.5, 0.6) is 5.75 Å². The summed E-state index contributed by atoms with van der Waals surface area (Å²) in [4.78, 5) is 27.3. The summed E-state index contributed by atoms with van der Waals surface area (Å²) in [6.45, 7) is 6.68. The van der Waals surface area contributed by atoms with E-state index in [0.717, 1.165) is 33.7 Å². The van der Waals surface area contributed by atoms with Crippen LogP contribution < -0.4 is 5.84 Å². The molecule has 6 heteroatoms. The van der Waals surface area contributed by atoms with E-state index in [1.165, 1.54) is 5.56 Å². The zero-order chi connectivity index (χ0) is 21.1. The van der Waals surface area contributed by atoms with Gasteiger partial charge in [0.2, 0.25) is 11.8 Å². The number of benzene rings is 2. The van der Waals surface area contributed by atoms with Crippen LogP contribution in [0.25, 0.3) is 0 Å². The lowest BCUT2D eigenvalue weighted by Gasteiger charge is -2.33. The van der Waals surface area contributed by atoms with Crippen LogP contribution in [0.3, 0.4) is 0 Å². The summed E-state index contributed by atoms with van der Waals surface area (Å²) in [5.41, 5.74) is 5.32. The minimum atomic E-state index is -0.713. The molecule has 1 heterocycles. The fraction of sp³-hybridized carbons (Fsp3) is 0.391. The Morgan fingerprint density at radius 2 is 1.79 bits per heavy atom. The minimum Gasteiger partial charge on any atom is -0.508 e. The van der Waals surface area contributed by atoms with Crippen LogP contribution in [-0.4, -0.2) is 39.4 Å². The molecule has 1 atom stereocenters. The summed E-state index contributed by atoms with van der Waals surface area (Å²) in [6.07, 6.45) is 1.54. The van der Waals surface area contributed by atoms with E-state index in [2.05, 4.69) is 6.07 Å². The third-order valence-electron chi connectivity index (χ3n) is 5.77. The number of nitrogens with zero attached hydrogens (tertiary/aromatic N) is 2.